The first-order valence-electron chi connectivity index (χ1n) is 10.9. The fraction of sp³-hybridized carbons (Fsp3) is 0.227. The van der Waals surface area contributed by atoms with Crippen LogP contribution < -0.4 is 16.5 Å². The molecule has 17 heteroatoms. The highest BCUT2D eigenvalue weighted by atomic mass is 32.2. The molecule has 0 bridgehead atoms. The Morgan fingerprint density at radius 3 is 2.79 bits per heavy atom. The zero-order valence-corrected chi connectivity index (χ0v) is 21.6. The lowest BCUT2D eigenvalue weighted by molar-refractivity contribution is -0.150. The van der Waals surface area contributed by atoms with E-state index in [1.54, 1.807) is 0 Å². The predicted molar refractivity (Wildman–Crippen MR) is 138 cm³/mol. The van der Waals surface area contributed by atoms with Gasteiger partial charge in [-0.1, -0.05) is 5.16 Å². The third-order valence-electron chi connectivity index (χ3n) is 5.40. The van der Waals surface area contributed by atoms with Crippen LogP contribution in [0.5, 0.6) is 5.75 Å². The molecule has 0 unspecified atom stereocenters. The number of carboxylic acid groups (broad SMARTS) is 1. The number of nitrogen functional groups attached to an aromatic ring is 1. The van der Waals surface area contributed by atoms with Gasteiger partial charge in [-0.25, -0.2) is 14.6 Å². The van der Waals surface area contributed by atoms with Crippen molar-refractivity contribution in [2.75, 3.05) is 25.2 Å². The van der Waals surface area contributed by atoms with Crippen LogP contribution in [-0.2, 0) is 28.8 Å². The molecule has 1 saturated heterocycles. The largest absolute Gasteiger partial charge is 0.503 e. The maximum atomic E-state index is 12.9. The summed E-state index contributed by atoms with van der Waals surface area (Å²) in [5.41, 5.74) is 4.99. The van der Waals surface area contributed by atoms with Crippen LogP contribution in [0.25, 0.3) is 6.08 Å². The number of nitrogens with zero attached hydrogens (tertiary/aromatic N) is 3. The van der Waals surface area contributed by atoms with Crippen molar-refractivity contribution in [1.29, 1.82) is 0 Å². The number of H-pyrrole nitrogens is 1. The van der Waals surface area contributed by atoms with E-state index in [-0.39, 0.29) is 39.3 Å². The number of oxime groups is 1. The van der Waals surface area contributed by atoms with Crippen molar-refractivity contribution < 1.29 is 39.0 Å². The van der Waals surface area contributed by atoms with E-state index in [0.29, 0.717) is 0 Å². The van der Waals surface area contributed by atoms with Gasteiger partial charge in [-0.3, -0.25) is 19.3 Å². The third kappa shape index (κ3) is 5.78. The fourth-order valence-corrected chi connectivity index (χ4v) is 5.51. The molecular weight excluding hydrogens is 556 g/mol. The number of nitrogens with one attached hydrogen (secondary N) is 2. The van der Waals surface area contributed by atoms with Crippen molar-refractivity contribution in [3.05, 3.63) is 56.6 Å². The van der Waals surface area contributed by atoms with E-state index in [4.69, 9.17) is 15.3 Å². The van der Waals surface area contributed by atoms with Gasteiger partial charge in [0.25, 0.3) is 11.8 Å². The van der Waals surface area contributed by atoms with Crippen LogP contribution in [-0.4, -0.2) is 85.4 Å². The van der Waals surface area contributed by atoms with Crippen LogP contribution in [0, 0.1) is 0 Å². The second-order valence-corrected chi connectivity index (χ2v) is 9.89. The Morgan fingerprint density at radius 2 is 2.15 bits per heavy atom. The van der Waals surface area contributed by atoms with Crippen LogP contribution >= 0.6 is 23.1 Å². The van der Waals surface area contributed by atoms with Gasteiger partial charge in [-0.2, -0.15) is 0 Å². The molecule has 0 saturated carbocycles. The lowest BCUT2D eigenvalue weighted by atomic mass is 10.0. The number of hydrogen-bond donors (Lipinski definition) is 5. The van der Waals surface area contributed by atoms with Crippen molar-refractivity contribution in [3.63, 3.8) is 0 Å². The highest BCUT2D eigenvalue weighted by Crippen LogP contribution is 2.40. The van der Waals surface area contributed by atoms with Crippen molar-refractivity contribution in [2.24, 2.45) is 5.16 Å². The highest BCUT2D eigenvalue weighted by molar-refractivity contribution is 8.00. The zero-order chi connectivity index (χ0) is 28.3. The summed E-state index contributed by atoms with van der Waals surface area (Å²) in [6.07, 6.45) is 3.32. The highest BCUT2D eigenvalue weighted by Gasteiger charge is 2.54. The molecule has 2 atom stereocenters. The molecule has 4 heterocycles. The first-order chi connectivity index (χ1) is 18.6. The molecule has 6 N–H and O–H groups in total. The summed E-state index contributed by atoms with van der Waals surface area (Å²) in [7, 11) is 1.23. The van der Waals surface area contributed by atoms with E-state index in [9.17, 15) is 34.2 Å². The van der Waals surface area contributed by atoms with Gasteiger partial charge in [-0.05, 0) is 6.08 Å². The second kappa shape index (κ2) is 11.4. The lowest BCUT2D eigenvalue weighted by Gasteiger charge is -2.49. The molecule has 0 aromatic carbocycles. The van der Waals surface area contributed by atoms with Crippen LogP contribution in [0.4, 0.5) is 5.13 Å². The van der Waals surface area contributed by atoms with Gasteiger partial charge in [0.05, 0.1) is 0 Å². The molecule has 204 valence electrons. The van der Waals surface area contributed by atoms with Crippen molar-refractivity contribution in [2.45, 2.75) is 11.4 Å². The molecule has 2 aromatic rings. The van der Waals surface area contributed by atoms with E-state index >= 15 is 0 Å². The summed E-state index contributed by atoms with van der Waals surface area (Å²) in [5, 5.41) is 26.2. The first kappa shape index (κ1) is 27.4. The van der Waals surface area contributed by atoms with E-state index in [1.165, 1.54) is 30.3 Å². The number of pyridine rings is 1. The van der Waals surface area contributed by atoms with Gasteiger partial charge < -0.3 is 35.8 Å². The lowest BCUT2D eigenvalue weighted by Crippen LogP contribution is -2.71. The molecule has 4 rings (SSSR count). The van der Waals surface area contributed by atoms with Gasteiger partial charge in [0.15, 0.2) is 16.6 Å². The van der Waals surface area contributed by atoms with E-state index in [1.807, 2.05) is 0 Å². The number of aliphatic carboxylic acids is 1. The second-order valence-electron chi connectivity index (χ2n) is 7.89. The van der Waals surface area contributed by atoms with Gasteiger partial charge in [-0.15, -0.1) is 23.1 Å². The number of rotatable bonds is 9. The van der Waals surface area contributed by atoms with Crippen molar-refractivity contribution in [1.82, 2.24) is 20.2 Å². The fourth-order valence-electron chi connectivity index (χ4n) is 3.64. The molecule has 2 aromatic heterocycles. The minimum absolute atomic E-state index is 0.104. The van der Waals surface area contributed by atoms with Crippen LogP contribution in [0.1, 0.15) is 11.4 Å². The number of amides is 2. The Kier molecular flexibility index (Phi) is 8.01. The number of aromatic nitrogens is 2. The van der Waals surface area contributed by atoms with E-state index in [0.717, 1.165) is 34.6 Å². The van der Waals surface area contributed by atoms with E-state index in [2.05, 4.69) is 20.4 Å². The molecule has 39 heavy (non-hydrogen) atoms. The number of ether oxygens (including phenoxy) is 1. The summed E-state index contributed by atoms with van der Waals surface area (Å²) in [4.78, 5) is 73.6. The summed E-state index contributed by atoms with van der Waals surface area (Å²) < 4.78 is 5.13. The molecule has 0 spiro atoms. The number of anilines is 1. The standard InChI is InChI=1S/C22H20N6O9S2/c1-36-27-15(11-8-39-22(23)25-11)18(32)26-16-19(33)28-17(21(34)35)9(7-38-20(16)28)6-37-14(31)3-2-10-4-12(29)13(30)5-24-10/h2-5,8,16,20,30H,6-7H2,1H3,(H2,23,25)(H,24,29)(H,26,32)(H,34,35)/b3-2+,27-15-/t16-,20-/m1/s1. The maximum absolute atomic E-state index is 12.9. The Balaban J connectivity index is 1.42. The summed E-state index contributed by atoms with van der Waals surface area (Å²) >= 11 is 2.26. The Bertz CT molecular complexity index is 1490. The number of fused-ring (bicyclic) bond motifs is 1. The molecular formula is C22H20N6O9S2. The zero-order valence-electron chi connectivity index (χ0n) is 19.9. The molecule has 0 radical (unpaired) electrons. The number of nitrogens with two attached hydrogens (primary N) is 1. The molecule has 1 fully saturated rings. The average molecular weight is 577 g/mol. The Hall–Kier alpha value is -4.64. The minimum atomic E-state index is -1.40. The van der Waals surface area contributed by atoms with Gasteiger partial charge in [0.2, 0.25) is 5.43 Å². The average Bonchev–Trinajstić information content (AvgIpc) is 3.34. The number of aromatic hydroxyl groups is 1. The Morgan fingerprint density at radius 1 is 1.38 bits per heavy atom. The SMILES string of the molecule is CO/N=C(\C(=O)N[C@@H]1C(=O)N2C(C(=O)O)=C(COC(=O)/C=C/c3cc(=O)c(O)c[nH]3)CS[C@H]12)c1csc(N)n1. The quantitative estimate of drug-likeness (QED) is 0.0834. The third-order valence-corrected chi connectivity index (χ3v) is 7.41. The summed E-state index contributed by atoms with van der Waals surface area (Å²) in [5.74, 6) is -4.05. The van der Waals surface area contributed by atoms with Crippen molar-refractivity contribution in [3.8, 4) is 5.75 Å². The number of thiazole rings is 1. The number of carbonyl (C=O) groups excluding carboxylic acids is 3. The number of esters is 1. The maximum Gasteiger partial charge on any atom is 0.352 e. The normalized spacial score (nSPS) is 18.9. The minimum Gasteiger partial charge on any atom is -0.503 e. The molecule has 2 aliphatic heterocycles. The topological polar surface area (TPSA) is 227 Å². The van der Waals surface area contributed by atoms with Gasteiger partial charge in [0, 0.05) is 40.7 Å². The summed E-state index contributed by atoms with van der Waals surface area (Å²) in [6.45, 7) is -0.409. The van der Waals surface area contributed by atoms with Gasteiger partial charge >= 0.3 is 11.9 Å². The van der Waals surface area contributed by atoms with Gasteiger partial charge in [0.1, 0.15) is 36.5 Å². The van der Waals surface area contributed by atoms with Crippen molar-refractivity contribution >= 4 is 63.8 Å². The molecule has 2 amide bonds. The number of hydrogen-bond acceptors (Lipinski definition) is 13. The number of carboxylic acids is 1. The Labute approximate surface area is 227 Å². The smallest absolute Gasteiger partial charge is 0.352 e. The predicted octanol–water partition coefficient (Wildman–Crippen LogP) is -0.535. The summed E-state index contributed by atoms with van der Waals surface area (Å²) in [6, 6.07) is 0.0257. The number of thioether (sulfide) groups is 1. The monoisotopic (exact) mass is 576 g/mol. The molecule has 0 aliphatic carbocycles. The first-order valence-corrected chi connectivity index (χ1v) is 12.8. The van der Waals surface area contributed by atoms with Crippen LogP contribution in [0.15, 0.2) is 44.9 Å². The number of carbonyl (C=O) groups is 4. The molecule has 2 aliphatic rings. The van der Waals surface area contributed by atoms with Crippen LogP contribution in [0.2, 0.25) is 0 Å². The van der Waals surface area contributed by atoms with E-state index < -0.39 is 53.0 Å². The van der Waals surface area contributed by atoms with Crippen LogP contribution in [0.3, 0.4) is 0 Å². The number of β-lactam (4-membered cyclic amide) rings is 1. The molecule has 15 nitrogen and oxygen atoms in total. The number of aromatic amines is 1.